The van der Waals surface area contributed by atoms with Crippen LogP contribution in [0.1, 0.15) is 11.5 Å². The van der Waals surface area contributed by atoms with Crippen molar-refractivity contribution in [3.8, 4) is 45.2 Å². The van der Waals surface area contributed by atoms with E-state index in [-0.39, 0.29) is 12.0 Å². The highest BCUT2D eigenvalue weighted by Gasteiger charge is 2.40. The number of methoxy groups -OCH3 is 4. The lowest BCUT2D eigenvalue weighted by Crippen LogP contribution is -2.29. The Morgan fingerprint density at radius 1 is 0.538 bits per heavy atom. The van der Waals surface area contributed by atoms with Gasteiger partial charge in [-0.05, 0) is 120 Å². The second kappa shape index (κ2) is 12.7. The third-order valence-electron chi connectivity index (χ3n) is 10.3. The molecule has 4 aromatic carbocycles. The zero-order valence-electron chi connectivity index (χ0n) is 29.3. The van der Waals surface area contributed by atoms with Gasteiger partial charge in [-0.25, -0.2) is 0 Å². The molecule has 2 aliphatic rings. The van der Waals surface area contributed by atoms with Gasteiger partial charge >= 0.3 is 0 Å². The quantitative estimate of drug-likeness (QED) is 0.158. The third-order valence-corrected chi connectivity index (χ3v) is 10.3. The molecule has 0 saturated heterocycles. The molecule has 2 atom stereocenters. The van der Waals surface area contributed by atoms with E-state index in [0.29, 0.717) is 0 Å². The van der Waals surface area contributed by atoms with Crippen molar-refractivity contribution >= 4 is 33.2 Å². The van der Waals surface area contributed by atoms with E-state index in [4.69, 9.17) is 18.9 Å². The number of pyridine rings is 2. The molecule has 3 aromatic heterocycles. The van der Waals surface area contributed by atoms with Gasteiger partial charge in [-0.1, -0.05) is 6.08 Å². The van der Waals surface area contributed by atoms with Gasteiger partial charge in [0.2, 0.25) is 0 Å². The second-order valence-electron chi connectivity index (χ2n) is 12.9. The standard InChI is InChI=1S/C44H36N4O4/c1-49-29-5-9-39-35(21-29)36-22-30(50-2)6-10-40(36)47(39)43-26-44(34(28-15-19-46-20-16-28)25-33(43)27-13-17-45-18-14-27)48-41-11-7-31(51-3)23-37(41)38-24-32(52-4)8-12-42(38)48/h5-26,35,39H,1-4H3. The summed E-state index contributed by atoms with van der Waals surface area (Å²) in [6, 6.07) is 31.9. The molecule has 4 heterocycles. The van der Waals surface area contributed by atoms with Gasteiger partial charge in [0.1, 0.15) is 23.0 Å². The van der Waals surface area contributed by atoms with Crippen molar-refractivity contribution in [1.82, 2.24) is 14.5 Å². The van der Waals surface area contributed by atoms with Crippen LogP contribution in [0.4, 0.5) is 11.4 Å². The number of hydrogen-bond donors (Lipinski definition) is 0. The molecule has 0 radical (unpaired) electrons. The summed E-state index contributed by atoms with van der Waals surface area (Å²) < 4.78 is 25.3. The molecule has 0 N–H and O–H groups in total. The summed E-state index contributed by atoms with van der Waals surface area (Å²) in [5.74, 6) is 3.30. The fourth-order valence-corrected chi connectivity index (χ4v) is 7.88. The second-order valence-corrected chi connectivity index (χ2v) is 12.9. The molecule has 0 bridgehead atoms. The van der Waals surface area contributed by atoms with Crippen molar-refractivity contribution in [3.63, 3.8) is 0 Å². The van der Waals surface area contributed by atoms with Crippen LogP contribution in [0.5, 0.6) is 17.2 Å². The van der Waals surface area contributed by atoms with E-state index in [2.05, 4.69) is 110 Å². The van der Waals surface area contributed by atoms with E-state index >= 15 is 0 Å². The maximum Gasteiger partial charge on any atom is 0.119 e. The Kier molecular flexibility index (Phi) is 7.65. The van der Waals surface area contributed by atoms with Crippen molar-refractivity contribution in [2.45, 2.75) is 12.0 Å². The Hall–Kier alpha value is -6.54. The Morgan fingerprint density at radius 2 is 1.10 bits per heavy atom. The number of aromatic nitrogens is 3. The van der Waals surface area contributed by atoms with Crippen molar-refractivity contribution < 1.29 is 18.9 Å². The maximum atomic E-state index is 5.74. The van der Waals surface area contributed by atoms with Crippen molar-refractivity contribution in [3.05, 3.63) is 145 Å². The van der Waals surface area contributed by atoms with Crippen LogP contribution < -0.4 is 19.1 Å². The van der Waals surface area contributed by atoms with Gasteiger partial charge in [-0.3, -0.25) is 9.97 Å². The van der Waals surface area contributed by atoms with Gasteiger partial charge in [0.15, 0.2) is 0 Å². The monoisotopic (exact) mass is 684 g/mol. The highest BCUT2D eigenvalue weighted by Crippen LogP contribution is 2.53. The first kappa shape index (κ1) is 31.4. The van der Waals surface area contributed by atoms with E-state index in [1.54, 1.807) is 28.4 Å². The first-order valence-corrected chi connectivity index (χ1v) is 17.2. The molecule has 1 aliphatic carbocycles. The molecule has 2 unspecified atom stereocenters. The summed E-state index contributed by atoms with van der Waals surface area (Å²) in [4.78, 5) is 11.2. The lowest BCUT2D eigenvalue weighted by atomic mass is 9.90. The third kappa shape index (κ3) is 4.98. The number of allylic oxidation sites excluding steroid dienone is 1. The molecule has 8 nitrogen and oxygen atoms in total. The van der Waals surface area contributed by atoms with Crippen molar-refractivity contribution in [2.24, 2.45) is 0 Å². The van der Waals surface area contributed by atoms with Crippen LogP contribution in [-0.2, 0) is 4.74 Å². The summed E-state index contributed by atoms with van der Waals surface area (Å²) in [7, 11) is 6.84. The van der Waals surface area contributed by atoms with E-state index in [9.17, 15) is 0 Å². The van der Waals surface area contributed by atoms with Gasteiger partial charge in [0.05, 0.1) is 56.9 Å². The fraction of sp³-hybridized carbons (Fsp3) is 0.136. The molecule has 7 aromatic rings. The van der Waals surface area contributed by atoms with E-state index < -0.39 is 0 Å². The highest BCUT2D eigenvalue weighted by molar-refractivity contribution is 6.11. The molecule has 1 aliphatic heterocycles. The average Bonchev–Trinajstić information content (AvgIpc) is 3.71. The topological polar surface area (TPSA) is 70.9 Å². The minimum absolute atomic E-state index is 0.00658. The lowest BCUT2D eigenvalue weighted by molar-refractivity contribution is 0.301. The number of hydrogen-bond acceptors (Lipinski definition) is 7. The summed E-state index contributed by atoms with van der Waals surface area (Å²) in [6.45, 7) is 0. The number of fused-ring (bicyclic) bond motifs is 6. The number of nitrogens with zero attached hydrogens (tertiary/aromatic N) is 4. The molecule has 256 valence electrons. The average molecular weight is 685 g/mol. The number of rotatable bonds is 8. The SMILES string of the molecule is COC1=CC2c3cc(OC)ccc3N(c3cc(-n4c5ccc(OC)cc5c5cc(OC)ccc54)c(-c4ccncc4)cc3-c3ccncc3)C2C=C1. The zero-order valence-corrected chi connectivity index (χ0v) is 29.3. The summed E-state index contributed by atoms with van der Waals surface area (Å²) in [5.41, 5.74) is 10.8. The Morgan fingerprint density at radius 3 is 1.67 bits per heavy atom. The first-order chi connectivity index (χ1) is 25.6. The fourth-order valence-electron chi connectivity index (χ4n) is 7.88. The first-order valence-electron chi connectivity index (χ1n) is 17.2. The minimum Gasteiger partial charge on any atom is -0.497 e. The zero-order chi connectivity index (χ0) is 35.3. The molecular formula is C44H36N4O4. The van der Waals surface area contributed by atoms with Crippen LogP contribution in [0.3, 0.4) is 0 Å². The van der Waals surface area contributed by atoms with Crippen molar-refractivity contribution in [1.29, 1.82) is 0 Å². The van der Waals surface area contributed by atoms with Gasteiger partial charge in [0.25, 0.3) is 0 Å². The van der Waals surface area contributed by atoms with Gasteiger partial charge in [-0.2, -0.15) is 0 Å². The number of anilines is 2. The molecule has 8 heteroatoms. The molecule has 52 heavy (non-hydrogen) atoms. The summed E-state index contributed by atoms with van der Waals surface area (Å²) in [6.07, 6.45) is 13.9. The number of benzene rings is 4. The minimum atomic E-state index is -0.00658. The van der Waals surface area contributed by atoms with Crippen LogP contribution in [0, 0.1) is 0 Å². The van der Waals surface area contributed by atoms with Crippen LogP contribution >= 0.6 is 0 Å². The molecule has 0 amide bonds. The van der Waals surface area contributed by atoms with E-state index in [1.807, 2.05) is 43.0 Å². The molecule has 0 saturated carbocycles. The predicted octanol–water partition coefficient (Wildman–Crippen LogP) is 9.64. The number of ether oxygens (including phenoxy) is 4. The largest absolute Gasteiger partial charge is 0.497 e. The predicted molar refractivity (Wildman–Crippen MR) is 206 cm³/mol. The molecule has 0 spiro atoms. The summed E-state index contributed by atoms with van der Waals surface area (Å²) in [5, 5.41) is 2.14. The Labute approximate surface area is 301 Å². The lowest BCUT2D eigenvalue weighted by Gasteiger charge is -2.32. The van der Waals surface area contributed by atoms with E-state index in [0.717, 1.165) is 84.1 Å². The smallest absolute Gasteiger partial charge is 0.119 e. The van der Waals surface area contributed by atoms with E-state index in [1.165, 1.54) is 5.56 Å². The Balaban J connectivity index is 1.40. The molecule has 0 fully saturated rings. The Bertz CT molecular complexity index is 2480. The van der Waals surface area contributed by atoms with Gasteiger partial charge in [-0.15, -0.1) is 0 Å². The van der Waals surface area contributed by atoms with Gasteiger partial charge < -0.3 is 28.4 Å². The molecular weight excluding hydrogens is 649 g/mol. The van der Waals surface area contributed by atoms with Gasteiger partial charge in [0, 0.05) is 58.3 Å². The van der Waals surface area contributed by atoms with Crippen LogP contribution in [0.15, 0.2) is 140 Å². The van der Waals surface area contributed by atoms with Crippen molar-refractivity contribution in [2.75, 3.05) is 33.3 Å². The van der Waals surface area contributed by atoms with Crippen LogP contribution in [0.25, 0.3) is 49.7 Å². The highest BCUT2D eigenvalue weighted by atomic mass is 16.5. The normalized spacial score (nSPS) is 16.1. The molecule has 9 rings (SSSR count). The van der Waals surface area contributed by atoms with Crippen LogP contribution in [0.2, 0.25) is 0 Å². The maximum absolute atomic E-state index is 5.74. The summed E-state index contributed by atoms with van der Waals surface area (Å²) >= 11 is 0. The van der Waals surface area contributed by atoms with Crippen LogP contribution in [-0.4, -0.2) is 49.0 Å².